The van der Waals surface area contributed by atoms with Crippen LogP contribution in [0.1, 0.15) is 31.5 Å². The van der Waals surface area contributed by atoms with Crippen LogP contribution >= 0.6 is 0 Å². The summed E-state index contributed by atoms with van der Waals surface area (Å²) < 4.78 is 38.6. The first-order chi connectivity index (χ1) is 9.54. The lowest BCUT2D eigenvalue weighted by atomic mass is 10.2. The van der Waals surface area contributed by atoms with Crippen LogP contribution < -0.4 is 5.32 Å². The average Bonchev–Trinajstić information content (AvgIpc) is 2.90. The van der Waals surface area contributed by atoms with Crippen molar-refractivity contribution in [2.45, 2.75) is 37.9 Å². The highest BCUT2D eigenvalue weighted by molar-refractivity contribution is 5.89. The maximum absolute atomic E-state index is 12.9. The van der Waals surface area contributed by atoms with E-state index in [9.17, 15) is 13.2 Å². The Morgan fingerprint density at radius 3 is 2.45 bits per heavy atom. The Bertz CT molecular complexity index is 619. The molecule has 20 heavy (non-hydrogen) atoms. The fourth-order valence-corrected chi connectivity index (χ4v) is 2.58. The Morgan fingerprint density at radius 1 is 1.05 bits per heavy atom. The number of benzene rings is 1. The maximum atomic E-state index is 12.9. The van der Waals surface area contributed by atoms with Crippen LogP contribution in [-0.4, -0.2) is 16.0 Å². The van der Waals surface area contributed by atoms with Gasteiger partial charge in [-0.25, -0.2) is 9.97 Å². The lowest BCUT2D eigenvalue weighted by Crippen LogP contribution is -2.19. The van der Waals surface area contributed by atoms with Crippen molar-refractivity contribution in [3.05, 3.63) is 30.1 Å². The summed E-state index contributed by atoms with van der Waals surface area (Å²) in [5, 5.41) is 3.78. The van der Waals surface area contributed by atoms with Gasteiger partial charge in [0.2, 0.25) is 5.82 Å². The molecule has 1 fully saturated rings. The second kappa shape index (κ2) is 4.92. The predicted octanol–water partition coefficient (Wildman–Crippen LogP) is 4.00. The molecular weight excluding hydrogens is 267 g/mol. The number of halogens is 3. The van der Waals surface area contributed by atoms with Gasteiger partial charge < -0.3 is 5.32 Å². The predicted molar refractivity (Wildman–Crippen MR) is 70.4 cm³/mol. The number of nitrogens with one attached hydrogen (secondary N) is 1. The molecule has 0 atom stereocenters. The third kappa shape index (κ3) is 2.55. The van der Waals surface area contributed by atoms with E-state index in [1.54, 1.807) is 24.3 Å². The third-order valence-corrected chi connectivity index (χ3v) is 3.55. The van der Waals surface area contributed by atoms with Crippen LogP contribution in [-0.2, 0) is 6.18 Å². The van der Waals surface area contributed by atoms with E-state index in [4.69, 9.17) is 0 Å². The smallest absolute Gasteiger partial charge is 0.367 e. The number of hydrogen-bond donors (Lipinski definition) is 1. The number of rotatable bonds is 2. The fourth-order valence-electron chi connectivity index (χ4n) is 2.58. The van der Waals surface area contributed by atoms with E-state index in [0.717, 1.165) is 25.7 Å². The van der Waals surface area contributed by atoms with E-state index in [2.05, 4.69) is 15.3 Å². The van der Waals surface area contributed by atoms with Gasteiger partial charge in [0.25, 0.3) is 0 Å². The molecule has 2 aromatic rings. The minimum Gasteiger partial charge on any atom is -0.367 e. The fraction of sp³-hybridized carbons (Fsp3) is 0.429. The molecule has 3 nitrogen and oxygen atoms in total. The first-order valence-electron chi connectivity index (χ1n) is 6.64. The zero-order chi connectivity index (χ0) is 14.2. The van der Waals surface area contributed by atoms with Gasteiger partial charge in [0, 0.05) is 11.4 Å². The van der Waals surface area contributed by atoms with Gasteiger partial charge in [-0.2, -0.15) is 13.2 Å². The highest BCUT2D eigenvalue weighted by Crippen LogP contribution is 2.31. The summed E-state index contributed by atoms with van der Waals surface area (Å²) in [6, 6.07) is 6.97. The molecule has 106 valence electrons. The molecule has 0 bridgehead atoms. The van der Waals surface area contributed by atoms with Crippen LogP contribution in [0.2, 0.25) is 0 Å². The molecule has 1 heterocycles. The first kappa shape index (κ1) is 13.1. The van der Waals surface area contributed by atoms with Gasteiger partial charge in [-0.3, -0.25) is 0 Å². The van der Waals surface area contributed by atoms with Crippen molar-refractivity contribution in [3.8, 4) is 0 Å². The summed E-state index contributed by atoms with van der Waals surface area (Å²) in [7, 11) is 0. The number of alkyl halides is 3. The minimum absolute atomic E-state index is 0.203. The zero-order valence-corrected chi connectivity index (χ0v) is 10.7. The number of anilines is 1. The van der Waals surface area contributed by atoms with E-state index < -0.39 is 12.0 Å². The minimum atomic E-state index is -4.53. The van der Waals surface area contributed by atoms with Crippen LogP contribution in [0.3, 0.4) is 0 Å². The molecule has 0 unspecified atom stereocenters. The van der Waals surface area contributed by atoms with Crippen molar-refractivity contribution in [1.29, 1.82) is 0 Å². The zero-order valence-electron chi connectivity index (χ0n) is 10.7. The van der Waals surface area contributed by atoms with Crippen molar-refractivity contribution in [3.63, 3.8) is 0 Å². The third-order valence-electron chi connectivity index (χ3n) is 3.55. The molecule has 1 aliphatic rings. The number of nitrogens with zero attached hydrogens (tertiary/aromatic N) is 2. The number of aromatic nitrogens is 2. The summed E-state index contributed by atoms with van der Waals surface area (Å²) in [6.07, 6.45) is -0.380. The highest BCUT2D eigenvalue weighted by atomic mass is 19.4. The lowest BCUT2D eigenvalue weighted by molar-refractivity contribution is -0.144. The van der Waals surface area contributed by atoms with Gasteiger partial charge in [0.1, 0.15) is 5.82 Å². The molecule has 6 heteroatoms. The Hall–Kier alpha value is -1.85. The second-order valence-electron chi connectivity index (χ2n) is 5.04. The maximum Gasteiger partial charge on any atom is 0.451 e. The van der Waals surface area contributed by atoms with Crippen LogP contribution in [0.15, 0.2) is 24.3 Å². The van der Waals surface area contributed by atoms with Crippen molar-refractivity contribution in [2.75, 3.05) is 5.32 Å². The SMILES string of the molecule is FC(F)(F)c1nc(NC2CCCC2)c2ccccc2n1. The standard InChI is InChI=1S/C14H14F3N3/c15-14(16,17)13-19-11-8-4-3-7-10(11)12(20-13)18-9-5-1-2-6-9/h3-4,7-9H,1-2,5-6H2,(H,18,19,20). The molecule has 1 saturated carbocycles. The molecule has 1 N–H and O–H groups in total. The van der Waals surface area contributed by atoms with E-state index in [-0.39, 0.29) is 11.9 Å². The molecule has 0 aliphatic heterocycles. The van der Waals surface area contributed by atoms with Gasteiger partial charge >= 0.3 is 6.18 Å². The lowest BCUT2D eigenvalue weighted by Gasteiger charge is -2.16. The quantitative estimate of drug-likeness (QED) is 0.904. The first-order valence-corrected chi connectivity index (χ1v) is 6.64. The van der Waals surface area contributed by atoms with Gasteiger partial charge in [-0.1, -0.05) is 25.0 Å². The van der Waals surface area contributed by atoms with E-state index in [0.29, 0.717) is 10.9 Å². The summed E-state index contributed by atoms with van der Waals surface area (Å²) in [5.41, 5.74) is 0.315. The Labute approximate surface area is 114 Å². The van der Waals surface area contributed by atoms with Crippen molar-refractivity contribution < 1.29 is 13.2 Å². The number of para-hydroxylation sites is 1. The molecule has 0 saturated heterocycles. The average molecular weight is 281 g/mol. The Balaban J connectivity index is 2.07. The van der Waals surface area contributed by atoms with Crippen molar-refractivity contribution in [1.82, 2.24) is 9.97 Å². The van der Waals surface area contributed by atoms with E-state index in [1.807, 2.05) is 0 Å². The molecular formula is C14H14F3N3. The molecule has 0 spiro atoms. The van der Waals surface area contributed by atoms with Gasteiger partial charge in [0.15, 0.2) is 0 Å². The normalized spacial score (nSPS) is 16.8. The van der Waals surface area contributed by atoms with Crippen LogP contribution in [0.5, 0.6) is 0 Å². The van der Waals surface area contributed by atoms with Gasteiger partial charge in [-0.05, 0) is 25.0 Å². The van der Waals surface area contributed by atoms with Gasteiger partial charge in [-0.15, -0.1) is 0 Å². The van der Waals surface area contributed by atoms with E-state index in [1.165, 1.54) is 0 Å². The summed E-state index contributed by atoms with van der Waals surface area (Å²) >= 11 is 0. The number of fused-ring (bicyclic) bond motifs is 1. The van der Waals surface area contributed by atoms with E-state index >= 15 is 0 Å². The van der Waals surface area contributed by atoms with Crippen LogP contribution in [0.25, 0.3) is 10.9 Å². The summed E-state index contributed by atoms with van der Waals surface area (Å²) in [5.74, 6) is -0.800. The highest BCUT2D eigenvalue weighted by Gasteiger charge is 2.35. The molecule has 0 amide bonds. The van der Waals surface area contributed by atoms with Crippen LogP contribution in [0, 0.1) is 0 Å². The summed E-state index contributed by atoms with van der Waals surface area (Å²) in [6.45, 7) is 0. The largest absolute Gasteiger partial charge is 0.451 e. The summed E-state index contributed by atoms with van der Waals surface area (Å²) in [4.78, 5) is 7.29. The monoisotopic (exact) mass is 281 g/mol. The van der Waals surface area contributed by atoms with Gasteiger partial charge in [0.05, 0.1) is 5.52 Å². The van der Waals surface area contributed by atoms with Crippen molar-refractivity contribution in [2.24, 2.45) is 0 Å². The second-order valence-corrected chi connectivity index (χ2v) is 5.04. The molecule has 3 rings (SSSR count). The molecule has 0 radical (unpaired) electrons. The molecule has 1 aromatic heterocycles. The van der Waals surface area contributed by atoms with Crippen LogP contribution in [0.4, 0.5) is 19.0 Å². The number of hydrogen-bond acceptors (Lipinski definition) is 3. The topological polar surface area (TPSA) is 37.8 Å². The Kier molecular flexibility index (Phi) is 3.23. The Morgan fingerprint density at radius 2 is 1.75 bits per heavy atom. The van der Waals surface area contributed by atoms with Crippen molar-refractivity contribution >= 4 is 16.7 Å². The molecule has 1 aliphatic carbocycles. The molecule has 1 aromatic carbocycles.